The van der Waals surface area contributed by atoms with E-state index < -0.39 is 0 Å². The minimum Gasteiger partial charge on any atom is -0.349 e. The molecule has 6 nitrogen and oxygen atoms in total. The summed E-state index contributed by atoms with van der Waals surface area (Å²) in [5, 5.41) is 17.9. The summed E-state index contributed by atoms with van der Waals surface area (Å²) in [6.45, 7) is 2.57. The van der Waals surface area contributed by atoms with Crippen molar-refractivity contribution in [3.8, 4) is 0 Å². The fourth-order valence-electron chi connectivity index (χ4n) is 3.13. The molecule has 1 aromatic heterocycles. The van der Waals surface area contributed by atoms with Crippen molar-refractivity contribution in [3.05, 3.63) is 83.9 Å². The quantitative estimate of drug-likeness (QED) is 0.475. The van der Waals surface area contributed by atoms with Crippen molar-refractivity contribution in [1.82, 2.24) is 25.5 Å². The first-order valence-corrected chi connectivity index (χ1v) is 10.4. The van der Waals surface area contributed by atoms with Crippen molar-refractivity contribution >= 4 is 28.4 Å². The number of tetrazole rings is 1. The molecule has 0 saturated heterocycles. The van der Waals surface area contributed by atoms with Crippen LogP contribution in [0.2, 0.25) is 0 Å². The van der Waals surface area contributed by atoms with Crippen LogP contribution in [0.5, 0.6) is 0 Å². The lowest BCUT2D eigenvalue weighted by Crippen LogP contribution is -2.28. The fraction of sp³-hybridized carbons (Fsp3) is 0.182. The summed E-state index contributed by atoms with van der Waals surface area (Å²) in [7, 11) is 0. The van der Waals surface area contributed by atoms with Gasteiger partial charge in [0.2, 0.25) is 11.1 Å². The number of rotatable bonds is 7. The maximum atomic E-state index is 12.4. The number of thioether (sulfide) groups is 1. The number of nitrogens with one attached hydrogen (secondary N) is 1. The molecule has 1 heterocycles. The predicted molar refractivity (Wildman–Crippen MR) is 115 cm³/mol. The molecule has 0 aliphatic rings. The second-order valence-electron chi connectivity index (χ2n) is 6.79. The Balaban J connectivity index is 1.35. The van der Waals surface area contributed by atoms with Gasteiger partial charge in [0, 0.05) is 0 Å². The first kappa shape index (κ1) is 19.1. The zero-order chi connectivity index (χ0) is 20.1. The number of fused-ring (bicyclic) bond motifs is 1. The average molecular weight is 404 g/mol. The van der Waals surface area contributed by atoms with E-state index in [9.17, 15) is 4.79 Å². The van der Waals surface area contributed by atoms with Gasteiger partial charge < -0.3 is 5.32 Å². The third-order valence-electron chi connectivity index (χ3n) is 4.66. The Kier molecular flexibility index (Phi) is 5.86. The molecule has 1 N–H and O–H groups in total. The summed E-state index contributed by atoms with van der Waals surface area (Å²) in [5.74, 6) is 0.206. The molecule has 0 saturated carbocycles. The molecule has 0 spiro atoms. The number of amides is 1. The molecule has 0 aliphatic carbocycles. The highest BCUT2D eigenvalue weighted by atomic mass is 32.2. The molecule has 0 unspecified atom stereocenters. The minimum atomic E-state index is -0.0759. The van der Waals surface area contributed by atoms with Crippen molar-refractivity contribution in [3.63, 3.8) is 0 Å². The maximum Gasteiger partial charge on any atom is 0.230 e. The number of carbonyl (C=O) groups is 1. The highest BCUT2D eigenvalue weighted by Gasteiger charge is 2.13. The fourth-order valence-corrected chi connectivity index (χ4v) is 3.82. The summed E-state index contributed by atoms with van der Waals surface area (Å²) < 4.78 is 1.71. The Hall–Kier alpha value is -3.19. The van der Waals surface area contributed by atoms with E-state index in [1.165, 1.54) is 22.5 Å². The Labute approximate surface area is 173 Å². The Morgan fingerprint density at radius 3 is 2.62 bits per heavy atom. The van der Waals surface area contributed by atoms with Gasteiger partial charge in [-0.15, -0.1) is 5.10 Å². The molecular formula is C22H21N5OS. The molecule has 1 amide bonds. The van der Waals surface area contributed by atoms with Crippen LogP contribution in [0.4, 0.5) is 0 Å². The smallest absolute Gasteiger partial charge is 0.230 e. The van der Waals surface area contributed by atoms with Gasteiger partial charge in [-0.1, -0.05) is 78.5 Å². The first-order chi connectivity index (χ1) is 14.2. The molecular weight excluding hydrogens is 382 g/mol. The van der Waals surface area contributed by atoms with E-state index in [1.54, 1.807) is 4.68 Å². The number of hydrogen-bond acceptors (Lipinski definition) is 5. The highest BCUT2D eigenvalue weighted by molar-refractivity contribution is 7.99. The van der Waals surface area contributed by atoms with Crippen molar-refractivity contribution in [2.75, 3.05) is 5.75 Å². The number of nitrogens with zero attached hydrogens (tertiary/aromatic N) is 4. The Bertz CT molecular complexity index is 1110. The van der Waals surface area contributed by atoms with E-state index in [-0.39, 0.29) is 17.7 Å². The number of aromatic nitrogens is 4. The zero-order valence-corrected chi connectivity index (χ0v) is 16.8. The van der Waals surface area contributed by atoms with E-state index in [0.717, 1.165) is 11.1 Å². The van der Waals surface area contributed by atoms with Gasteiger partial charge in [-0.3, -0.25) is 4.79 Å². The normalized spacial score (nSPS) is 12.0. The van der Waals surface area contributed by atoms with E-state index in [1.807, 2.05) is 49.4 Å². The molecule has 0 fully saturated rings. The topological polar surface area (TPSA) is 72.7 Å². The van der Waals surface area contributed by atoms with Crippen LogP contribution >= 0.6 is 11.8 Å². The van der Waals surface area contributed by atoms with Gasteiger partial charge in [-0.25, -0.2) is 4.68 Å². The molecule has 4 rings (SSSR count). The molecule has 3 aromatic carbocycles. The van der Waals surface area contributed by atoms with Crippen LogP contribution in [-0.4, -0.2) is 31.9 Å². The van der Waals surface area contributed by atoms with Gasteiger partial charge >= 0.3 is 0 Å². The number of carbonyl (C=O) groups excluding carboxylic acids is 1. The lowest BCUT2D eigenvalue weighted by Gasteiger charge is -2.15. The minimum absolute atomic E-state index is 0.0510. The van der Waals surface area contributed by atoms with Gasteiger partial charge in [-0.2, -0.15) is 0 Å². The van der Waals surface area contributed by atoms with Crippen LogP contribution in [0.3, 0.4) is 0 Å². The summed E-state index contributed by atoms with van der Waals surface area (Å²) >= 11 is 1.34. The monoisotopic (exact) mass is 403 g/mol. The standard InChI is InChI=1S/C22H21N5OS/c1-16(19-12-11-18-9-5-6-10-20(18)13-19)23-21(28)15-29-22-24-25-26-27(22)14-17-7-3-2-4-8-17/h2-13,16H,14-15H2,1H3,(H,23,28)/t16-/m1/s1. The molecule has 0 radical (unpaired) electrons. The molecule has 146 valence electrons. The van der Waals surface area contributed by atoms with Crippen LogP contribution in [0.1, 0.15) is 24.1 Å². The van der Waals surface area contributed by atoms with Crippen LogP contribution in [0, 0.1) is 0 Å². The number of hydrogen-bond donors (Lipinski definition) is 1. The van der Waals surface area contributed by atoms with Gasteiger partial charge in [-0.05, 0) is 45.3 Å². The second kappa shape index (κ2) is 8.87. The maximum absolute atomic E-state index is 12.4. The van der Waals surface area contributed by atoms with E-state index >= 15 is 0 Å². The summed E-state index contributed by atoms with van der Waals surface area (Å²) in [6.07, 6.45) is 0. The highest BCUT2D eigenvalue weighted by Crippen LogP contribution is 2.21. The Morgan fingerprint density at radius 2 is 1.79 bits per heavy atom. The largest absolute Gasteiger partial charge is 0.349 e. The van der Waals surface area contributed by atoms with Crippen molar-refractivity contribution in [2.45, 2.75) is 24.7 Å². The van der Waals surface area contributed by atoms with Crippen LogP contribution < -0.4 is 5.32 Å². The summed E-state index contributed by atoms with van der Waals surface area (Å²) in [4.78, 5) is 12.4. The van der Waals surface area contributed by atoms with Crippen LogP contribution in [0.15, 0.2) is 78.0 Å². The molecule has 4 aromatic rings. The van der Waals surface area contributed by atoms with Crippen LogP contribution in [0.25, 0.3) is 10.8 Å². The Morgan fingerprint density at radius 1 is 1.03 bits per heavy atom. The van der Waals surface area contributed by atoms with Gasteiger partial charge in [0.05, 0.1) is 18.3 Å². The third-order valence-corrected chi connectivity index (χ3v) is 5.61. The molecule has 0 aliphatic heterocycles. The molecule has 7 heteroatoms. The van der Waals surface area contributed by atoms with E-state index in [2.05, 4.69) is 51.2 Å². The van der Waals surface area contributed by atoms with Gasteiger partial charge in [0.25, 0.3) is 0 Å². The van der Waals surface area contributed by atoms with Crippen molar-refractivity contribution < 1.29 is 4.79 Å². The summed E-state index contributed by atoms with van der Waals surface area (Å²) in [6, 6.07) is 24.4. The van der Waals surface area contributed by atoms with E-state index in [4.69, 9.17) is 0 Å². The average Bonchev–Trinajstić information content (AvgIpc) is 3.19. The van der Waals surface area contributed by atoms with Gasteiger partial charge in [0.1, 0.15) is 0 Å². The zero-order valence-electron chi connectivity index (χ0n) is 16.0. The lowest BCUT2D eigenvalue weighted by atomic mass is 10.0. The van der Waals surface area contributed by atoms with Crippen molar-refractivity contribution in [1.29, 1.82) is 0 Å². The molecule has 0 bridgehead atoms. The first-order valence-electron chi connectivity index (χ1n) is 9.40. The SMILES string of the molecule is C[C@@H](NC(=O)CSc1nnnn1Cc1ccccc1)c1ccc2ccccc2c1. The molecule has 1 atom stereocenters. The second-order valence-corrected chi connectivity index (χ2v) is 7.73. The third kappa shape index (κ3) is 4.81. The van der Waals surface area contributed by atoms with Crippen molar-refractivity contribution in [2.24, 2.45) is 0 Å². The molecule has 29 heavy (non-hydrogen) atoms. The lowest BCUT2D eigenvalue weighted by molar-refractivity contribution is -0.119. The van der Waals surface area contributed by atoms with E-state index in [0.29, 0.717) is 11.7 Å². The number of benzene rings is 3. The van der Waals surface area contributed by atoms with Gasteiger partial charge in [0.15, 0.2) is 0 Å². The predicted octanol–water partition coefficient (Wildman–Crippen LogP) is 3.84. The van der Waals surface area contributed by atoms with Crippen LogP contribution in [-0.2, 0) is 11.3 Å². The summed E-state index contributed by atoms with van der Waals surface area (Å²) in [5.41, 5.74) is 2.19.